The Labute approximate surface area is 129 Å². The highest BCUT2D eigenvalue weighted by molar-refractivity contribution is 5.59. The van der Waals surface area contributed by atoms with E-state index in [-0.39, 0.29) is 17.7 Å². The smallest absolute Gasteiger partial charge is 0.222 e. The molecule has 0 saturated heterocycles. The van der Waals surface area contributed by atoms with Gasteiger partial charge in [-0.1, -0.05) is 19.8 Å². The number of terminal acetylenes is 1. The monoisotopic (exact) mass is 298 g/mol. The maximum absolute atomic E-state index is 5.84. The standard InChI is InChI=1S/C16H18N4O2/c1-5-10-11(21-4)6-7-12(14(10)9(2)3)22-13-8-19-16(18)20-15(13)17/h1,6-9H,2-4H3,(H4,17,18,19,20). The predicted octanol–water partition coefficient (Wildman–Crippen LogP) is 2.55. The SMILES string of the molecule is C#Cc1c(OC)ccc(Oc2cnc(N)nc2N)c1C(C)C. The number of aromatic nitrogens is 2. The van der Waals surface area contributed by atoms with Gasteiger partial charge < -0.3 is 20.9 Å². The summed E-state index contributed by atoms with van der Waals surface area (Å²) >= 11 is 0. The molecule has 114 valence electrons. The Morgan fingerprint density at radius 2 is 1.86 bits per heavy atom. The topological polar surface area (TPSA) is 96.3 Å². The second-order valence-corrected chi connectivity index (χ2v) is 4.93. The van der Waals surface area contributed by atoms with Gasteiger partial charge in [0.05, 0.1) is 18.9 Å². The lowest BCUT2D eigenvalue weighted by molar-refractivity contribution is 0.409. The number of rotatable bonds is 4. The van der Waals surface area contributed by atoms with Crippen LogP contribution in [0, 0.1) is 12.3 Å². The second kappa shape index (κ2) is 6.22. The molecule has 0 amide bonds. The molecule has 6 heteroatoms. The van der Waals surface area contributed by atoms with E-state index in [0.29, 0.717) is 22.8 Å². The van der Waals surface area contributed by atoms with E-state index in [9.17, 15) is 0 Å². The highest BCUT2D eigenvalue weighted by Gasteiger charge is 2.18. The zero-order valence-corrected chi connectivity index (χ0v) is 12.8. The molecule has 0 aliphatic heterocycles. The van der Waals surface area contributed by atoms with E-state index in [1.165, 1.54) is 6.20 Å². The highest BCUT2D eigenvalue weighted by Crippen LogP contribution is 2.38. The zero-order valence-electron chi connectivity index (χ0n) is 12.8. The molecule has 6 nitrogen and oxygen atoms in total. The fourth-order valence-corrected chi connectivity index (χ4v) is 2.16. The van der Waals surface area contributed by atoms with Gasteiger partial charge in [0.2, 0.25) is 5.95 Å². The summed E-state index contributed by atoms with van der Waals surface area (Å²) in [6, 6.07) is 3.54. The Morgan fingerprint density at radius 3 is 2.41 bits per heavy atom. The molecule has 22 heavy (non-hydrogen) atoms. The number of ether oxygens (including phenoxy) is 2. The van der Waals surface area contributed by atoms with Crippen LogP contribution in [-0.2, 0) is 0 Å². The fourth-order valence-electron chi connectivity index (χ4n) is 2.16. The molecule has 2 aromatic rings. The Balaban J connectivity index is 2.53. The summed E-state index contributed by atoms with van der Waals surface area (Å²) < 4.78 is 11.1. The maximum atomic E-state index is 5.84. The Morgan fingerprint density at radius 1 is 1.18 bits per heavy atom. The minimum atomic E-state index is 0.0907. The van der Waals surface area contributed by atoms with Gasteiger partial charge in [0, 0.05) is 5.56 Å². The summed E-state index contributed by atoms with van der Waals surface area (Å²) in [7, 11) is 1.58. The first-order valence-electron chi connectivity index (χ1n) is 6.71. The van der Waals surface area contributed by atoms with Crippen molar-refractivity contribution in [1.29, 1.82) is 0 Å². The molecule has 1 heterocycles. The van der Waals surface area contributed by atoms with Crippen LogP contribution in [0.3, 0.4) is 0 Å². The number of benzene rings is 1. The van der Waals surface area contributed by atoms with Gasteiger partial charge in [-0.2, -0.15) is 4.98 Å². The van der Waals surface area contributed by atoms with E-state index in [1.54, 1.807) is 19.2 Å². The average molecular weight is 298 g/mol. The van der Waals surface area contributed by atoms with Crippen molar-refractivity contribution in [2.75, 3.05) is 18.6 Å². The summed E-state index contributed by atoms with van der Waals surface area (Å²) in [5, 5.41) is 0. The zero-order chi connectivity index (χ0) is 16.3. The Bertz CT molecular complexity index is 736. The molecule has 0 unspecified atom stereocenters. The molecular weight excluding hydrogens is 280 g/mol. The van der Waals surface area contributed by atoms with Gasteiger partial charge in [-0.15, -0.1) is 6.42 Å². The van der Waals surface area contributed by atoms with E-state index in [4.69, 9.17) is 27.4 Å². The van der Waals surface area contributed by atoms with Crippen LogP contribution in [-0.4, -0.2) is 17.1 Å². The first-order valence-corrected chi connectivity index (χ1v) is 6.71. The lowest BCUT2D eigenvalue weighted by Crippen LogP contribution is -2.04. The Hall–Kier alpha value is -2.94. The molecule has 0 atom stereocenters. The molecule has 0 radical (unpaired) electrons. The molecule has 4 N–H and O–H groups in total. The number of anilines is 2. The average Bonchev–Trinajstić information content (AvgIpc) is 2.49. The highest BCUT2D eigenvalue weighted by atomic mass is 16.5. The molecular formula is C16H18N4O2. The third kappa shape index (κ3) is 2.88. The van der Waals surface area contributed by atoms with Crippen molar-refractivity contribution in [2.24, 2.45) is 0 Å². The van der Waals surface area contributed by atoms with E-state index in [2.05, 4.69) is 15.9 Å². The molecule has 1 aromatic heterocycles. The lowest BCUT2D eigenvalue weighted by atomic mass is 9.95. The minimum absolute atomic E-state index is 0.0907. The fraction of sp³-hybridized carbons (Fsp3) is 0.250. The second-order valence-electron chi connectivity index (χ2n) is 4.93. The summed E-state index contributed by atoms with van der Waals surface area (Å²) in [5.74, 6) is 4.58. The summed E-state index contributed by atoms with van der Waals surface area (Å²) in [6.45, 7) is 4.04. The summed E-state index contributed by atoms with van der Waals surface area (Å²) in [4.78, 5) is 7.76. The molecule has 1 aromatic carbocycles. The van der Waals surface area contributed by atoms with Crippen LogP contribution >= 0.6 is 0 Å². The summed E-state index contributed by atoms with van der Waals surface area (Å²) in [6.07, 6.45) is 7.06. The van der Waals surface area contributed by atoms with Crippen LogP contribution in [0.5, 0.6) is 17.2 Å². The van der Waals surface area contributed by atoms with Crippen LogP contribution in [0.25, 0.3) is 0 Å². The van der Waals surface area contributed by atoms with Crippen LogP contribution in [0.1, 0.15) is 30.9 Å². The molecule has 2 rings (SSSR count). The number of nitrogen functional groups attached to an aromatic ring is 2. The minimum Gasteiger partial charge on any atom is -0.495 e. The van der Waals surface area contributed by atoms with Crippen LogP contribution in [0.4, 0.5) is 11.8 Å². The number of nitrogens with two attached hydrogens (primary N) is 2. The first kappa shape index (κ1) is 15.4. The van der Waals surface area contributed by atoms with Gasteiger partial charge in [-0.3, -0.25) is 0 Å². The van der Waals surface area contributed by atoms with Crippen molar-refractivity contribution in [2.45, 2.75) is 19.8 Å². The van der Waals surface area contributed by atoms with E-state index >= 15 is 0 Å². The van der Waals surface area contributed by atoms with Gasteiger partial charge in [0.15, 0.2) is 11.6 Å². The summed E-state index contributed by atoms with van der Waals surface area (Å²) in [5.41, 5.74) is 12.8. The van der Waals surface area contributed by atoms with Crippen molar-refractivity contribution in [1.82, 2.24) is 9.97 Å². The third-order valence-corrected chi connectivity index (χ3v) is 3.13. The van der Waals surface area contributed by atoms with Gasteiger partial charge in [0.1, 0.15) is 11.5 Å². The van der Waals surface area contributed by atoms with E-state index in [0.717, 1.165) is 5.56 Å². The van der Waals surface area contributed by atoms with Crippen LogP contribution in [0.15, 0.2) is 18.3 Å². The maximum Gasteiger partial charge on any atom is 0.222 e. The molecule has 0 spiro atoms. The van der Waals surface area contributed by atoms with Gasteiger partial charge in [-0.05, 0) is 18.1 Å². The largest absolute Gasteiger partial charge is 0.495 e. The van der Waals surface area contributed by atoms with Gasteiger partial charge in [0.25, 0.3) is 0 Å². The normalized spacial score (nSPS) is 10.3. The quantitative estimate of drug-likeness (QED) is 0.842. The predicted molar refractivity (Wildman–Crippen MR) is 85.9 cm³/mol. The van der Waals surface area contributed by atoms with Crippen molar-refractivity contribution in [3.8, 4) is 29.6 Å². The molecule has 0 bridgehead atoms. The van der Waals surface area contributed by atoms with Crippen molar-refractivity contribution >= 4 is 11.8 Å². The Kier molecular flexibility index (Phi) is 4.37. The molecule has 0 aliphatic carbocycles. The van der Waals surface area contributed by atoms with E-state index < -0.39 is 0 Å². The number of hydrogen-bond donors (Lipinski definition) is 2. The van der Waals surface area contributed by atoms with Crippen molar-refractivity contribution in [3.63, 3.8) is 0 Å². The first-order chi connectivity index (χ1) is 10.5. The van der Waals surface area contributed by atoms with Gasteiger partial charge >= 0.3 is 0 Å². The number of nitrogens with zero attached hydrogens (tertiary/aromatic N) is 2. The van der Waals surface area contributed by atoms with E-state index in [1.807, 2.05) is 13.8 Å². The number of methoxy groups -OCH3 is 1. The third-order valence-electron chi connectivity index (χ3n) is 3.13. The van der Waals surface area contributed by atoms with Crippen LogP contribution in [0.2, 0.25) is 0 Å². The van der Waals surface area contributed by atoms with Crippen LogP contribution < -0.4 is 20.9 Å². The lowest BCUT2D eigenvalue weighted by Gasteiger charge is -2.18. The molecule has 0 aliphatic rings. The van der Waals surface area contributed by atoms with Crippen molar-refractivity contribution < 1.29 is 9.47 Å². The number of hydrogen-bond acceptors (Lipinski definition) is 6. The van der Waals surface area contributed by atoms with Crippen molar-refractivity contribution in [3.05, 3.63) is 29.5 Å². The molecule has 0 saturated carbocycles. The van der Waals surface area contributed by atoms with Gasteiger partial charge in [-0.25, -0.2) is 4.98 Å². The molecule has 0 fully saturated rings.